The second-order valence-electron chi connectivity index (χ2n) is 5.31. The van der Waals surface area contributed by atoms with E-state index in [2.05, 4.69) is 10.3 Å². The molecular weight excluding hydrogens is 260 g/mol. The predicted molar refractivity (Wildman–Crippen MR) is 73.1 cm³/mol. The van der Waals surface area contributed by atoms with Gasteiger partial charge in [0.15, 0.2) is 0 Å². The second-order valence-corrected chi connectivity index (χ2v) is 5.31. The summed E-state index contributed by atoms with van der Waals surface area (Å²) in [4.78, 5) is 26.1. The number of hydrogen-bond donors (Lipinski definition) is 3. The predicted octanol–water partition coefficient (Wildman–Crippen LogP) is 1.63. The lowest BCUT2D eigenvalue weighted by Crippen LogP contribution is -2.41. The van der Waals surface area contributed by atoms with E-state index >= 15 is 0 Å². The Balaban J connectivity index is 2.15. The molecule has 2 atom stereocenters. The van der Waals surface area contributed by atoms with E-state index in [1.165, 1.54) is 0 Å². The van der Waals surface area contributed by atoms with Crippen LogP contribution < -0.4 is 5.32 Å². The van der Waals surface area contributed by atoms with Crippen molar-refractivity contribution in [3.63, 3.8) is 0 Å². The number of aromatic carboxylic acids is 1. The molecule has 0 aliphatic carbocycles. The highest BCUT2D eigenvalue weighted by Gasteiger charge is 2.25. The van der Waals surface area contributed by atoms with Gasteiger partial charge < -0.3 is 20.1 Å². The summed E-state index contributed by atoms with van der Waals surface area (Å²) in [5.74, 6) is -1.27. The van der Waals surface area contributed by atoms with Crippen LogP contribution in [0.2, 0.25) is 0 Å². The number of carboxylic acid groups (broad SMARTS) is 1. The quantitative estimate of drug-likeness (QED) is 0.784. The van der Waals surface area contributed by atoms with Crippen LogP contribution in [0.15, 0.2) is 0 Å². The molecule has 1 aliphatic heterocycles. The molecule has 0 saturated carbocycles. The van der Waals surface area contributed by atoms with Crippen molar-refractivity contribution in [2.24, 2.45) is 0 Å². The number of H-pyrrole nitrogens is 1. The Morgan fingerprint density at radius 2 is 2.10 bits per heavy atom. The van der Waals surface area contributed by atoms with Gasteiger partial charge in [0, 0.05) is 18.3 Å². The van der Waals surface area contributed by atoms with Crippen molar-refractivity contribution in [2.75, 3.05) is 6.61 Å². The molecule has 1 saturated heterocycles. The maximum atomic E-state index is 12.3. The van der Waals surface area contributed by atoms with Crippen LogP contribution >= 0.6 is 0 Å². The minimum Gasteiger partial charge on any atom is -0.477 e. The van der Waals surface area contributed by atoms with Crippen LogP contribution in [-0.2, 0) is 4.74 Å². The van der Waals surface area contributed by atoms with Crippen molar-refractivity contribution in [3.05, 3.63) is 22.5 Å². The van der Waals surface area contributed by atoms with Gasteiger partial charge >= 0.3 is 5.97 Å². The van der Waals surface area contributed by atoms with Crippen LogP contribution in [0.5, 0.6) is 0 Å². The summed E-state index contributed by atoms with van der Waals surface area (Å²) in [7, 11) is 0. The molecule has 2 rings (SSSR count). The van der Waals surface area contributed by atoms with Crippen molar-refractivity contribution < 1.29 is 19.4 Å². The summed E-state index contributed by atoms with van der Waals surface area (Å²) in [5, 5.41) is 12.0. The highest BCUT2D eigenvalue weighted by atomic mass is 16.5. The molecule has 0 radical (unpaired) electrons. The zero-order valence-corrected chi connectivity index (χ0v) is 11.9. The second kappa shape index (κ2) is 5.66. The number of rotatable bonds is 3. The maximum Gasteiger partial charge on any atom is 0.352 e. The van der Waals surface area contributed by atoms with Crippen LogP contribution in [0.1, 0.15) is 51.9 Å². The Hall–Kier alpha value is -1.82. The first-order valence-electron chi connectivity index (χ1n) is 6.75. The monoisotopic (exact) mass is 280 g/mol. The van der Waals surface area contributed by atoms with Gasteiger partial charge in [0.2, 0.25) is 0 Å². The van der Waals surface area contributed by atoms with E-state index in [9.17, 15) is 9.59 Å². The molecule has 6 nitrogen and oxygen atoms in total. The van der Waals surface area contributed by atoms with E-state index in [4.69, 9.17) is 9.84 Å². The van der Waals surface area contributed by atoms with Crippen LogP contribution in [0, 0.1) is 13.8 Å². The third-order valence-electron chi connectivity index (χ3n) is 3.70. The summed E-state index contributed by atoms with van der Waals surface area (Å²) in [5.41, 5.74) is 1.57. The van der Waals surface area contributed by atoms with Gasteiger partial charge in [-0.05, 0) is 39.2 Å². The summed E-state index contributed by atoms with van der Waals surface area (Å²) in [6, 6.07) is 0.0771. The first-order valence-corrected chi connectivity index (χ1v) is 6.75. The van der Waals surface area contributed by atoms with Gasteiger partial charge in [0.25, 0.3) is 5.91 Å². The molecule has 3 N–H and O–H groups in total. The van der Waals surface area contributed by atoms with Gasteiger partial charge in [0.05, 0.1) is 11.7 Å². The Kier molecular flexibility index (Phi) is 4.13. The van der Waals surface area contributed by atoms with Crippen LogP contribution in [0.25, 0.3) is 0 Å². The SMILES string of the molecule is Cc1[nH]c(C(=O)O)c(C)c1C(=O)NC1CCOC(C)C1. The number of amides is 1. The number of carboxylic acids is 1. The van der Waals surface area contributed by atoms with Crippen LogP contribution in [0.4, 0.5) is 0 Å². The van der Waals surface area contributed by atoms with Gasteiger partial charge in [0.1, 0.15) is 5.69 Å². The molecule has 2 heterocycles. The van der Waals surface area contributed by atoms with E-state index in [1.54, 1.807) is 13.8 Å². The molecule has 0 spiro atoms. The minimum atomic E-state index is -1.05. The fourth-order valence-corrected chi connectivity index (χ4v) is 2.69. The van der Waals surface area contributed by atoms with Crippen molar-refractivity contribution >= 4 is 11.9 Å². The fraction of sp³-hybridized carbons (Fsp3) is 0.571. The third kappa shape index (κ3) is 2.85. The molecule has 0 aromatic carbocycles. The Morgan fingerprint density at radius 1 is 1.40 bits per heavy atom. The number of aromatic nitrogens is 1. The van der Waals surface area contributed by atoms with E-state index < -0.39 is 5.97 Å². The molecule has 0 bridgehead atoms. The van der Waals surface area contributed by atoms with E-state index in [-0.39, 0.29) is 23.7 Å². The molecule has 2 unspecified atom stereocenters. The maximum absolute atomic E-state index is 12.3. The lowest BCUT2D eigenvalue weighted by atomic mass is 10.0. The van der Waals surface area contributed by atoms with Crippen molar-refractivity contribution in [1.82, 2.24) is 10.3 Å². The first kappa shape index (κ1) is 14.6. The van der Waals surface area contributed by atoms with Gasteiger partial charge in [-0.3, -0.25) is 4.79 Å². The average Bonchev–Trinajstić information content (AvgIpc) is 2.65. The molecule has 110 valence electrons. The van der Waals surface area contributed by atoms with Crippen molar-refractivity contribution in [3.8, 4) is 0 Å². The van der Waals surface area contributed by atoms with E-state index in [1.807, 2.05) is 6.92 Å². The summed E-state index contributed by atoms with van der Waals surface area (Å²) in [6.45, 7) is 5.97. The standard InChI is InChI=1S/C14H20N2O4/c1-7-6-10(4-5-20-7)16-13(17)11-8(2)12(14(18)19)15-9(11)3/h7,10,15H,4-6H2,1-3H3,(H,16,17)(H,18,19). The summed E-state index contributed by atoms with van der Waals surface area (Å²) < 4.78 is 5.44. The van der Waals surface area contributed by atoms with Gasteiger partial charge in [-0.15, -0.1) is 0 Å². The van der Waals surface area contributed by atoms with Crippen LogP contribution in [0.3, 0.4) is 0 Å². The molecule has 1 aromatic heterocycles. The Bertz CT molecular complexity index is 536. The number of carbonyl (C=O) groups excluding carboxylic acids is 1. The molecule has 1 aliphatic rings. The van der Waals surface area contributed by atoms with Crippen molar-refractivity contribution in [2.45, 2.75) is 45.8 Å². The molecular formula is C14H20N2O4. The van der Waals surface area contributed by atoms with E-state index in [0.29, 0.717) is 23.4 Å². The largest absolute Gasteiger partial charge is 0.477 e. The molecule has 1 amide bonds. The van der Waals surface area contributed by atoms with Crippen molar-refractivity contribution in [1.29, 1.82) is 0 Å². The number of hydrogen-bond acceptors (Lipinski definition) is 3. The fourth-order valence-electron chi connectivity index (χ4n) is 2.69. The van der Waals surface area contributed by atoms with E-state index in [0.717, 1.165) is 12.8 Å². The summed E-state index contributed by atoms with van der Waals surface area (Å²) >= 11 is 0. The zero-order chi connectivity index (χ0) is 14.9. The lowest BCUT2D eigenvalue weighted by molar-refractivity contribution is 0.0136. The van der Waals surface area contributed by atoms with Gasteiger partial charge in [-0.25, -0.2) is 4.79 Å². The topological polar surface area (TPSA) is 91.4 Å². The molecule has 1 aromatic rings. The highest BCUT2D eigenvalue weighted by Crippen LogP contribution is 2.19. The number of aryl methyl sites for hydroxylation is 1. The number of carbonyl (C=O) groups is 2. The summed E-state index contributed by atoms with van der Waals surface area (Å²) in [6.07, 6.45) is 1.70. The zero-order valence-electron chi connectivity index (χ0n) is 11.9. The minimum absolute atomic E-state index is 0.0768. The normalized spacial score (nSPS) is 22.6. The molecule has 1 fully saturated rings. The van der Waals surface area contributed by atoms with Gasteiger partial charge in [-0.2, -0.15) is 0 Å². The number of aromatic amines is 1. The lowest BCUT2D eigenvalue weighted by Gasteiger charge is -2.28. The Labute approximate surface area is 117 Å². The van der Waals surface area contributed by atoms with Crippen LogP contribution in [-0.4, -0.2) is 40.7 Å². The highest BCUT2D eigenvalue weighted by molar-refractivity contribution is 6.00. The first-order chi connectivity index (χ1) is 9.40. The average molecular weight is 280 g/mol. The smallest absolute Gasteiger partial charge is 0.352 e. The number of nitrogens with one attached hydrogen (secondary N) is 2. The number of ether oxygens (including phenoxy) is 1. The van der Waals surface area contributed by atoms with Gasteiger partial charge in [-0.1, -0.05) is 0 Å². The molecule has 6 heteroatoms. The third-order valence-corrected chi connectivity index (χ3v) is 3.70. The Morgan fingerprint density at radius 3 is 2.65 bits per heavy atom. The molecule has 20 heavy (non-hydrogen) atoms.